The lowest BCUT2D eigenvalue weighted by atomic mass is 10.5. The number of hydrogen-bond acceptors (Lipinski definition) is 4. The Bertz CT molecular complexity index is 458. The molecule has 0 aliphatic carbocycles. The van der Waals surface area contributed by atoms with Crippen LogP contribution in [0.3, 0.4) is 0 Å². The highest BCUT2D eigenvalue weighted by atomic mass is 79.9. The Morgan fingerprint density at radius 1 is 1.50 bits per heavy atom. The van der Waals surface area contributed by atoms with Crippen LogP contribution in [-0.4, -0.2) is 25.1 Å². The van der Waals surface area contributed by atoms with Crippen LogP contribution in [0.5, 0.6) is 0 Å². The van der Waals surface area contributed by atoms with Crippen LogP contribution >= 0.6 is 15.9 Å². The fourth-order valence-electron chi connectivity index (χ4n) is 0.833. The molecule has 0 aliphatic heterocycles. The standard InChI is InChI=1S/C7H7BrN2O3S/c8-5-1-6(3-10-2-5)14(12,13)4-7(9)11/h1-3H,4H2,(H2,9,11). The number of sulfone groups is 1. The van der Waals surface area contributed by atoms with Crippen LogP contribution in [0.4, 0.5) is 0 Å². The highest BCUT2D eigenvalue weighted by Crippen LogP contribution is 2.15. The zero-order valence-corrected chi connectivity index (χ0v) is 9.38. The molecule has 0 bridgehead atoms. The molecular weight excluding hydrogens is 272 g/mol. The normalized spacial score (nSPS) is 11.2. The molecule has 0 atom stereocenters. The Morgan fingerprint density at radius 3 is 2.64 bits per heavy atom. The van der Waals surface area contributed by atoms with E-state index in [1.807, 2.05) is 0 Å². The van der Waals surface area contributed by atoms with E-state index < -0.39 is 21.5 Å². The van der Waals surface area contributed by atoms with Crippen molar-refractivity contribution in [2.75, 3.05) is 5.75 Å². The van der Waals surface area contributed by atoms with Gasteiger partial charge in [-0.05, 0) is 22.0 Å². The summed E-state index contributed by atoms with van der Waals surface area (Å²) in [6, 6.07) is 1.37. The number of rotatable bonds is 3. The van der Waals surface area contributed by atoms with Crippen molar-refractivity contribution in [2.24, 2.45) is 5.73 Å². The average molecular weight is 279 g/mol. The molecule has 0 spiro atoms. The fraction of sp³-hybridized carbons (Fsp3) is 0.143. The molecule has 7 heteroatoms. The number of primary amides is 1. The first-order valence-electron chi connectivity index (χ1n) is 3.53. The van der Waals surface area contributed by atoms with Crippen molar-refractivity contribution in [3.63, 3.8) is 0 Å². The van der Waals surface area contributed by atoms with E-state index in [9.17, 15) is 13.2 Å². The molecule has 0 saturated carbocycles. The number of pyridine rings is 1. The van der Waals surface area contributed by atoms with Gasteiger partial charge in [0.1, 0.15) is 5.75 Å². The van der Waals surface area contributed by atoms with Crippen molar-refractivity contribution in [3.05, 3.63) is 22.9 Å². The first kappa shape index (κ1) is 11.1. The number of nitrogens with zero attached hydrogens (tertiary/aromatic N) is 1. The number of amides is 1. The summed E-state index contributed by atoms with van der Waals surface area (Å²) in [5.74, 6) is -1.59. The molecule has 0 unspecified atom stereocenters. The molecule has 1 heterocycles. The summed E-state index contributed by atoms with van der Waals surface area (Å²) in [6.07, 6.45) is 2.62. The molecule has 14 heavy (non-hydrogen) atoms. The van der Waals surface area contributed by atoms with Gasteiger partial charge < -0.3 is 5.73 Å². The SMILES string of the molecule is NC(=O)CS(=O)(=O)c1cncc(Br)c1. The zero-order valence-electron chi connectivity index (χ0n) is 6.97. The second kappa shape index (κ2) is 4.05. The Labute approximate surface area is 89.4 Å². The maximum atomic E-state index is 11.4. The highest BCUT2D eigenvalue weighted by Gasteiger charge is 2.17. The number of aromatic nitrogens is 1. The third kappa shape index (κ3) is 2.78. The summed E-state index contributed by atoms with van der Waals surface area (Å²) >= 11 is 3.08. The van der Waals surface area contributed by atoms with Crippen molar-refractivity contribution in [1.29, 1.82) is 0 Å². The van der Waals surface area contributed by atoms with E-state index in [-0.39, 0.29) is 4.90 Å². The third-order valence-corrected chi connectivity index (χ3v) is 3.41. The number of hydrogen-bond donors (Lipinski definition) is 1. The molecule has 76 valence electrons. The average Bonchev–Trinajstić information content (AvgIpc) is 2.01. The summed E-state index contributed by atoms with van der Waals surface area (Å²) in [5.41, 5.74) is 4.80. The van der Waals surface area contributed by atoms with Gasteiger partial charge >= 0.3 is 0 Å². The van der Waals surface area contributed by atoms with E-state index in [0.29, 0.717) is 4.47 Å². The van der Waals surface area contributed by atoms with Crippen LogP contribution in [0.1, 0.15) is 0 Å². The van der Waals surface area contributed by atoms with Crippen LogP contribution in [0.2, 0.25) is 0 Å². The zero-order chi connectivity index (χ0) is 10.8. The molecule has 0 fully saturated rings. The minimum Gasteiger partial charge on any atom is -0.369 e. The van der Waals surface area contributed by atoms with E-state index in [1.165, 1.54) is 18.5 Å². The van der Waals surface area contributed by atoms with Crippen molar-refractivity contribution < 1.29 is 13.2 Å². The van der Waals surface area contributed by atoms with Crippen LogP contribution in [0.25, 0.3) is 0 Å². The van der Waals surface area contributed by atoms with Crippen molar-refractivity contribution >= 4 is 31.7 Å². The predicted octanol–water partition coefficient (Wildman–Crippen LogP) is 0.103. The number of halogens is 1. The van der Waals surface area contributed by atoms with Crippen LogP contribution in [0.15, 0.2) is 27.8 Å². The Kier molecular flexibility index (Phi) is 3.22. The van der Waals surface area contributed by atoms with E-state index in [4.69, 9.17) is 5.73 Å². The Hall–Kier alpha value is -0.950. The molecule has 1 amide bonds. The van der Waals surface area contributed by atoms with Gasteiger partial charge in [0.15, 0.2) is 9.84 Å². The Balaban J connectivity index is 3.11. The summed E-state index contributed by atoms with van der Waals surface area (Å²) in [5, 5.41) is 0. The lowest BCUT2D eigenvalue weighted by Crippen LogP contribution is -2.23. The van der Waals surface area contributed by atoms with E-state index in [2.05, 4.69) is 20.9 Å². The second-order valence-corrected chi connectivity index (χ2v) is 5.47. The molecule has 5 nitrogen and oxygen atoms in total. The monoisotopic (exact) mass is 278 g/mol. The van der Waals surface area contributed by atoms with Crippen molar-refractivity contribution in [2.45, 2.75) is 4.90 Å². The van der Waals surface area contributed by atoms with Gasteiger partial charge in [-0.15, -0.1) is 0 Å². The van der Waals surface area contributed by atoms with Gasteiger partial charge in [0.05, 0.1) is 4.90 Å². The second-order valence-electron chi connectivity index (χ2n) is 2.56. The Morgan fingerprint density at radius 2 is 2.14 bits per heavy atom. The van der Waals surface area contributed by atoms with Gasteiger partial charge in [-0.3, -0.25) is 9.78 Å². The number of carbonyl (C=O) groups is 1. The van der Waals surface area contributed by atoms with Crippen molar-refractivity contribution in [1.82, 2.24) is 4.98 Å². The lowest BCUT2D eigenvalue weighted by Gasteiger charge is -2.00. The number of nitrogens with two attached hydrogens (primary N) is 1. The highest BCUT2D eigenvalue weighted by molar-refractivity contribution is 9.10. The summed E-state index contributed by atoms with van der Waals surface area (Å²) in [6.45, 7) is 0. The van der Waals surface area contributed by atoms with Gasteiger partial charge in [0.25, 0.3) is 0 Å². The van der Waals surface area contributed by atoms with Crippen LogP contribution in [-0.2, 0) is 14.6 Å². The van der Waals surface area contributed by atoms with Gasteiger partial charge in [-0.25, -0.2) is 8.42 Å². The molecule has 2 N–H and O–H groups in total. The quantitative estimate of drug-likeness (QED) is 0.849. The molecule has 0 radical (unpaired) electrons. The fourth-order valence-corrected chi connectivity index (χ4v) is 2.42. The third-order valence-electron chi connectivity index (χ3n) is 1.37. The minimum atomic E-state index is -3.65. The van der Waals surface area contributed by atoms with Crippen LogP contribution < -0.4 is 5.73 Å². The molecule has 0 saturated heterocycles. The molecular formula is C7H7BrN2O3S. The van der Waals surface area contributed by atoms with Crippen LogP contribution in [0, 0.1) is 0 Å². The topological polar surface area (TPSA) is 90.1 Å². The van der Waals surface area contributed by atoms with Gasteiger partial charge in [-0.2, -0.15) is 0 Å². The molecule has 0 aromatic carbocycles. The van der Waals surface area contributed by atoms with E-state index in [1.54, 1.807) is 0 Å². The van der Waals surface area contributed by atoms with Gasteiger partial charge in [0, 0.05) is 16.9 Å². The largest absolute Gasteiger partial charge is 0.369 e. The maximum Gasteiger partial charge on any atom is 0.233 e. The first-order valence-corrected chi connectivity index (χ1v) is 5.98. The predicted molar refractivity (Wildman–Crippen MR) is 53.2 cm³/mol. The summed E-state index contributed by atoms with van der Waals surface area (Å²) < 4.78 is 23.4. The van der Waals surface area contributed by atoms with Gasteiger partial charge in [-0.1, -0.05) is 0 Å². The number of carbonyl (C=O) groups excluding carboxylic acids is 1. The maximum absolute atomic E-state index is 11.4. The minimum absolute atomic E-state index is 0.0225. The molecule has 1 rings (SSSR count). The molecule has 1 aromatic rings. The van der Waals surface area contributed by atoms with E-state index in [0.717, 1.165) is 0 Å². The molecule has 0 aliphatic rings. The van der Waals surface area contributed by atoms with Crippen molar-refractivity contribution in [3.8, 4) is 0 Å². The first-order chi connectivity index (χ1) is 6.42. The van der Waals surface area contributed by atoms with Gasteiger partial charge in [0.2, 0.25) is 5.91 Å². The molecule has 1 aromatic heterocycles. The lowest BCUT2D eigenvalue weighted by molar-refractivity contribution is -0.115. The summed E-state index contributed by atoms with van der Waals surface area (Å²) in [7, 11) is -3.65. The van der Waals surface area contributed by atoms with E-state index >= 15 is 0 Å². The summed E-state index contributed by atoms with van der Waals surface area (Å²) in [4.78, 5) is 14.1. The smallest absolute Gasteiger partial charge is 0.233 e.